The molecule has 3 heterocycles. The first-order chi connectivity index (χ1) is 14.5. The number of thiazole rings is 1. The first-order valence-electron chi connectivity index (χ1n) is 9.42. The van der Waals surface area contributed by atoms with Crippen molar-refractivity contribution in [2.24, 2.45) is 0 Å². The van der Waals surface area contributed by atoms with Crippen LogP contribution in [0, 0.1) is 0 Å². The van der Waals surface area contributed by atoms with E-state index in [9.17, 15) is 4.79 Å². The van der Waals surface area contributed by atoms with Crippen LogP contribution >= 0.6 is 22.9 Å². The normalized spacial score (nSPS) is 11.2. The van der Waals surface area contributed by atoms with Crippen LogP contribution in [0.1, 0.15) is 30.6 Å². The highest BCUT2D eigenvalue weighted by molar-refractivity contribution is 7.09. The minimum atomic E-state index is -0.150. The standard InChI is InChI=1S/C21H20ClN5O2S/c1-13(2)27-21-14(9-24-27)7-16(10-23-21)25-19(28)8-17-12-30-20(26-17)11-29-18-5-3-15(22)4-6-18/h3-7,9-10,12-13H,8,11H2,1-2H3,(H,25,28). The molecule has 0 unspecified atom stereocenters. The van der Waals surface area contributed by atoms with Gasteiger partial charge in [0.25, 0.3) is 0 Å². The minimum Gasteiger partial charge on any atom is -0.486 e. The molecule has 0 saturated heterocycles. The molecule has 154 valence electrons. The molecule has 0 spiro atoms. The van der Waals surface area contributed by atoms with Gasteiger partial charge in [0.05, 0.1) is 30.2 Å². The first kappa shape index (κ1) is 20.3. The molecule has 0 atom stereocenters. The highest BCUT2D eigenvalue weighted by Crippen LogP contribution is 2.20. The number of carbonyl (C=O) groups is 1. The quantitative estimate of drug-likeness (QED) is 0.442. The van der Waals surface area contributed by atoms with E-state index in [0.29, 0.717) is 23.0 Å². The Hall–Kier alpha value is -2.97. The van der Waals surface area contributed by atoms with Crippen molar-refractivity contribution in [2.45, 2.75) is 32.9 Å². The summed E-state index contributed by atoms with van der Waals surface area (Å²) in [5.41, 5.74) is 2.14. The van der Waals surface area contributed by atoms with Gasteiger partial charge < -0.3 is 10.1 Å². The Morgan fingerprint density at radius 2 is 2.07 bits per heavy atom. The fourth-order valence-electron chi connectivity index (χ4n) is 2.93. The fraction of sp³-hybridized carbons (Fsp3) is 0.238. The number of amides is 1. The second-order valence-electron chi connectivity index (χ2n) is 7.02. The summed E-state index contributed by atoms with van der Waals surface area (Å²) in [5.74, 6) is 0.570. The molecule has 4 rings (SSSR count). The monoisotopic (exact) mass is 441 g/mol. The number of carbonyl (C=O) groups excluding carboxylic acids is 1. The van der Waals surface area contributed by atoms with Crippen LogP contribution in [0.5, 0.6) is 5.75 Å². The zero-order valence-electron chi connectivity index (χ0n) is 16.5. The third-order valence-electron chi connectivity index (χ3n) is 4.32. The van der Waals surface area contributed by atoms with Crippen LogP contribution in [-0.4, -0.2) is 25.7 Å². The topological polar surface area (TPSA) is 81.9 Å². The van der Waals surface area contributed by atoms with Crippen molar-refractivity contribution in [3.63, 3.8) is 0 Å². The van der Waals surface area contributed by atoms with Gasteiger partial charge in [-0.25, -0.2) is 14.6 Å². The Morgan fingerprint density at radius 1 is 1.27 bits per heavy atom. The Bertz CT molecular complexity index is 1170. The largest absolute Gasteiger partial charge is 0.486 e. The molecule has 9 heteroatoms. The SMILES string of the molecule is CC(C)n1ncc2cc(NC(=O)Cc3csc(COc4ccc(Cl)cc4)n3)cnc21. The van der Waals surface area contributed by atoms with Gasteiger partial charge in [-0.1, -0.05) is 11.6 Å². The van der Waals surface area contributed by atoms with Gasteiger partial charge in [-0.15, -0.1) is 11.3 Å². The molecule has 0 radical (unpaired) electrons. The number of anilines is 1. The van der Waals surface area contributed by atoms with Gasteiger partial charge in [0.1, 0.15) is 17.4 Å². The number of halogens is 1. The highest BCUT2D eigenvalue weighted by Gasteiger charge is 2.11. The van der Waals surface area contributed by atoms with Crippen molar-refractivity contribution < 1.29 is 9.53 Å². The van der Waals surface area contributed by atoms with Crippen LogP contribution in [-0.2, 0) is 17.8 Å². The number of nitrogens with zero attached hydrogens (tertiary/aromatic N) is 4. The van der Waals surface area contributed by atoms with E-state index in [1.165, 1.54) is 11.3 Å². The molecule has 0 aliphatic rings. The molecule has 30 heavy (non-hydrogen) atoms. The molecule has 0 aliphatic heterocycles. The van der Waals surface area contributed by atoms with Crippen molar-refractivity contribution in [3.05, 3.63) is 63.8 Å². The van der Waals surface area contributed by atoms with Gasteiger partial charge in [0.15, 0.2) is 5.65 Å². The van der Waals surface area contributed by atoms with Gasteiger partial charge in [-0.2, -0.15) is 5.10 Å². The third kappa shape index (κ3) is 4.77. The van der Waals surface area contributed by atoms with E-state index in [0.717, 1.165) is 21.8 Å². The summed E-state index contributed by atoms with van der Waals surface area (Å²) in [4.78, 5) is 21.3. The predicted molar refractivity (Wildman–Crippen MR) is 118 cm³/mol. The number of pyridine rings is 1. The Morgan fingerprint density at radius 3 is 2.83 bits per heavy atom. The van der Waals surface area contributed by atoms with E-state index in [2.05, 4.69) is 20.4 Å². The second-order valence-corrected chi connectivity index (χ2v) is 8.40. The number of fused-ring (bicyclic) bond motifs is 1. The van der Waals surface area contributed by atoms with Crippen LogP contribution in [0.2, 0.25) is 5.02 Å². The van der Waals surface area contributed by atoms with E-state index < -0.39 is 0 Å². The maximum Gasteiger partial charge on any atom is 0.230 e. The number of ether oxygens (including phenoxy) is 1. The van der Waals surface area contributed by atoms with E-state index in [-0.39, 0.29) is 18.4 Å². The Labute approximate surface area is 182 Å². The zero-order chi connectivity index (χ0) is 21.1. The number of rotatable bonds is 7. The maximum atomic E-state index is 12.4. The lowest BCUT2D eigenvalue weighted by Gasteiger charge is -2.07. The highest BCUT2D eigenvalue weighted by atomic mass is 35.5. The summed E-state index contributed by atoms with van der Waals surface area (Å²) in [7, 11) is 0. The maximum absolute atomic E-state index is 12.4. The number of hydrogen-bond acceptors (Lipinski definition) is 6. The van der Waals surface area contributed by atoms with Crippen LogP contribution in [0.4, 0.5) is 5.69 Å². The van der Waals surface area contributed by atoms with Crippen LogP contribution in [0.15, 0.2) is 48.1 Å². The summed E-state index contributed by atoms with van der Waals surface area (Å²) in [5, 5.41) is 11.4. The first-order valence-corrected chi connectivity index (χ1v) is 10.7. The minimum absolute atomic E-state index is 0.150. The van der Waals surface area contributed by atoms with Crippen LogP contribution < -0.4 is 10.1 Å². The van der Waals surface area contributed by atoms with Crippen LogP contribution in [0.25, 0.3) is 11.0 Å². The average molecular weight is 442 g/mol. The molecule has 7 nitrogen and oxygen atoms in total. The summed E-state index contributed by atoms with van der Waals surface area (Å²) in [6.45, 7) is 4.44. The molecular weight excluding hydrogens is 422 g/mol. The fourth-order valence-corrected chi connectivity index (χ4v) is 3.76. The molecule has 1 amide bonds. The lowest BCUT2D eigenvalue weighted by Crippen LogP contribution is -2.15. The molecule has 3 aromatic heterocycles. The van der Waals surface area contributed by atoms with E-state index in [1.54, 1.807) is 36.7 Å². The van der Waals surface area contributed by atoms with Crippen molar-refractivity contribution >= 4 is 45.6 Å². The molecule has 0 fully saturated rings. The molecule has 1 N–H and O–H groups in total. The summed E-state index contributed by atoms with van der Waals surface area (Å²) in [6.07, 6.45) is 3.58. The summed E-state index contributed by atoms with van der Waals surface area (Å²) in [6, 6.07) is 9.25. The number of aromatic nitrogens is 4. The molecule has 0 aliphatic carbocycles. The zero-order valence-corrected chi connectivity index (χ0v) is 18.1. The molecule has 4 aromatic rings. The van der Waals surface area contributed by atoms with E-state index >= 15 is 0 Å². The molecular formula is C21H20ClN5O2S. The Kier molecular flexibility index (Phi) is 5.96. The lowest BCUT2D eigenvalue weighted by atomic mass is 10.3. The number of hydrogen-bond donors (Lipinski definition) is 1. The molecule has 0 saturated carbocycles. The van der Waals surface area contributed by atoms with Gasteiger partial charge in [0, 0.05) is 21.8 Å². The number of nitrogens with one attached hydrogen (secondary N) is 1. The van der Waals surface area contributed by atoms with Gasteiger partial charge >= 0.3 is 0 Å². The second kappa shape index (κ2) is 8.81. The van der Waals surface area contributed by atoms with Crippen molar-refractivity contribution in [2.75, 3.05) is 5.32 Å². The number of benzene rings is 1. The van der Waals surface area contributed by atoms with E-state index in [4.69, 9.17) is 16.3 Å². The van der Waals surface area contributed by atoms with Crippen LogP contribution in [0.3, 0.4) is 0 Å². The van der Waals surface area contributed by atoms with Gasteiger partial charge in [0.2, 0.25) is 5.91 Å². The van der Waals surface area contributed by atoms with Gasteiger partial charge in [-0.05, 0) is 44.2 Å². The van der Waals surface area contributed by atoms with Crippen molar-refractivity contribution in [1.82, 2.24) is 19.7 Å². The van der Waals surface area contributed by atoms with Crippen molar-refractivity contribution in [3.8, 4) is 5.75 Å². The lowest BCUT2D eigenvalue weighted by molar-refractivity contribution is -0.115. The van der Waals surface area contributed by atoms with Crippen molar-refractivity contribution in [1.29, 1.82) is 0 Å². The molecule has 0 bridgehead atoms. The predicted octanol–water partition coefficient (Wildman–Crippen LogP) is 4.88. The molecule has 1 aromatic carbocycles. The Balaban J connectivity index is 1.34. The van der Waals surface area contributed by atoms with E-state index in [1.807, 2.05) is 30.0 Å². The summed E-state index contributed by atoms with van der Waals surface area (Å²) >= 11 is 7.33. The smallest absolute Gasteiger partial charge is 0.230 e. The summed E-state index contributed by atoms with van der Waals surface area (Å²) < 4.78 is 7.54. The average Bonchev–Trinajstić information content (AvgIpc) is 3.34. The van der Waals surface area contributed by atoms with Gasteiger partial charge in [-0.3, -0.25) is 4.79 Å². The third-order valence-corrected chi connectivity index (χ3v) is 5.45.